The molecule has 0 bridgehead atoms. The fraction of sp³-hybridized carbons (Fsp3) is 0.333. The maximum Gasteiger partial charge on any atom is 0.342 e. The summed E-state index contributed by atoms with van der Waals surface area (Å²) in [5, 5.41) is 0. The molecule has 0 amide bonds. The lowest BCUT2D eigenvalue weighted by molar-refractivity contribution is 0.0601. The van der Waals surface area contributed by atoms with Crippen LogP contribution < -0.4 is 11.3 Å². The van der Waals surface area contributed by atoms with Crippen molar-refractivity contribution in [3.8, 4) is 0 Å². The lowest BCUT2D eigenvalue weighted by Gasteiger charge is -2.11. The van der Waals surface area contributed by atoms with Crippen LogP contribution in [0.25, 0.3) is 6.08 Å². The first-order valence-electron chi connectivity index (χ1n) is 5.38. The predicted molar refractivity (Wildman–Crippen MR) is 68.1 cm³/mol. The van der Waals surface area contributed by atoms with Gasteiger partial charge in [-0.25, -0.2) is 4.79 Å². The molecular formula is C12H16N2O4. The molecule has 18 heavy (non-hydrogen) atoms. The second kappa shape index (κ2) is 5.90. The van der Waals surface area contributed by atoms with E-state index in [4.69, 9.17) is 10.5 Å². The molecule has 0 saturated heterocycles. The maximum atomic E-state index is 11.7. The third kappa shape index (κ3) is 2.71. The van der Waals surface area contributed by atoms with Crippen molar-refractivity contribution in [1.82, 2.24) is 4.57 Å². The maximum absolute atomic E-state index is 11.7. The van der Waals surface area contributed by atoms with Crippen molar-refractivity contribution in [3.63, 3.8) is 0 Å². The van der Waals surface area contributed by atoms with Gasteiger partial charge in [0.25, 0.3) is 5.56 Å². The summed E-state index contributed by atoms with van der Waals surface area (Å²) >= 11 is 0. The summed E-state index contributed by atoms with van der Waals surface area (Å²) < 4.78 is 10.9. The molecule has 0 aliphatic rings. The molecule has 0 aliphatic heterocycles. The average molecular weight is 252 g/mol. The summed E-state index contributed by atoms with van der Waals surface area (Å²) in [7, 11) is 2.74. The molecular weight excluding hydrogens is 236 g/mol. The van der Waals surface area contributed by atoms with Crippen LogP contribution in [0.5, 0.6) is 0 Å². The van der Waals surface area contributed by atoms with Gasteiger partial charge in [-0.3, -0.25) is 9.36 Å². The molecule has 0 saturated carbocycles. The molecule has 0 aliphatic carbocycles. The molecule has 6 nitrogen and oxygen atoms in total. The summed E-state index contributed by atoms with van der Waals surface area (Å²) in [5.41, 5.74) is 5.96. The van der Waals surface area contributed by atoms with Gasteiger partial charge >= 0.3 is 5.97 Å². The number of carbonyl (C=O) groups excluding carboxylic acids is 1. The van der Waals surface area contributed by atoms with Gasteiger partial charge in [0.2, 0.25) is 0 Å². The van der Waals surface area contributed by atoms with E-state index < -0.39 is 5.97 Å². The van der Waals surface area contributed by atoms with Crippen LogP contribution in [0, 0.1) is 0 Å². The molecule has 0 aromatic carbocycles. The lowest BCUT2D eigenvalue weighted by atomic mass is 10.1. The first-order valence-corrected chi connectivity index (χ1v) is 5.38. The van der Waals surface area contributed by atoms with Crippen molar-refractivity contribution in [2.45, 2.75) is 6.92 Å². The molecule has 98 valence electrons. The second-order valence-electron chi connectivity index (χ2n) is 3.51. The van der Waals surface area contributed by atoms with Gasteiger partial charge in [-0.1, -0.05) is 0 Å². The fourth-order valence-electron chi connectivity index (χ4n) is 1.41. The van der Waals surface area contributed by atoms with Gasteiger partial charge in [-0.2, -0.15) is 0 Å². The fourth-order valence-corrected chi connectivity index (χ4v) is 1.41. The van der Waals surface area contributed by atoms with E-state index >= 15 is 0 Å². The van der Waals surface area contributed by atoms with Gasteiger partial charge in [0.15, 0.2) is 0 Å². The Morgan fingerprint density at radius 2 is 2.22 bits per heavy atom. The SMILES string of the molecule is CCO/C=C\c1cc(=O)n(C)c(N)c1C(=O)OC. The number of pyridine rings is 1. The average Bonchev–Trinajstić information content (AvgIpc) is 2.36. The Morgan fingerprint density at radius 1 is 1.56 bits per heavy atom. The number of aromatic nitrogens is 1. The van der Waals surface area contributed by atoms with Gasteiger partial charge in [0.05, 0.1) is 20.0 Å². The Bertz CT molecular complexity index is 532. The standard InChI is InChI=1S/C12H16N2O4/c1-4-18-6-5-8-7-9(15)14(2)11(13)10(8)12(16)17-3/h5-7H,4,13H2,1-3H3/b6-5-. The molecule has 1 heterocycles. The molecule has 0 unspecified atom stereocenters. The Hall–Kier alpha value is -2.24. The van der Waals surface area contributed by atoms with Gasteiger partial charge in [-0.15, -0.1) is 0 Å². The van der Waals surface area contributed by atoms with Crippen molar-refractivity contribution in [3.05, 3.63) is 33.8 Å². The van der Waals surface area contributed by atoms with E-state index in [1.54, 1.807) is 0 Å². The van der Waals surface area contributed by atoms with Crippen LogP contribution in [0.4, 0.5) is 5.82 Å². The van der Waals surface area contributed by atoms with E-state index in [2.05, 4.69) is 4.74 Å². The largest absolute Gasteiger partial charge is 0.501 e. The van der Waals surface area contributed by atoms with Crippen molar-refractivity contribution in [2.24, 2.45) is 7.05 Å². The molecule has 1 aromatic heterocycles. The Morgan fingerprint density at radius 3 is 2.78 bits per heavy atom. The van der Waals surface area contributed by atoms with Gasteiger partial charge in [-0.05, 0) is 13.0 Å². The first kappa shape index (κ1) is 13.8. The zero-order valence-electron chi connectivity index (χ0n) is 10.6. The number of anilines is 1. The van der Waals surface area contributed by atoms with E-state index in [9.17, 15) is 9.59 Å². The highest BCUT2D eigenvalue weighted by molar-refractivity contribution is 5.98. The number of esters is 1. The molecule has 1 aromatic rings. The smallest absolute Gasteiger partial charge is 0.342 e. The minimum Gasteiger partial charge on any atom is -0.501 e. The number of hydrogen-bond acceptors (Lipinski definition) is 5. The third-order valence-corrected chi connectivity index (χ3v) is 2.42. The molecule has 1 rings (SSSR count). The summed E-state index contributed by atoms with van der Waals surface area (Å²) in [6.45, 7) is 2.31. The number of nitrogens with zero attached hydrogens (tertiary/aromatic N) is 1. The number of ether oxygens (including phenoxy) is 2. The quantitative estimate of drug-likeness (QED) is 0.631. The van der Waals surface area contributed by atoms with Crippen LogP contribution in [0.3, 0.4) is 0 Å². The molecule has 2 N–H and O–H groups in total. The van der Waals surface area contributed by atoms with Crippen LogP contribution in [-0.4, -0.2) is 24.3 Å². The molecule has 6 heteroatoms. The van der Waals surface area contributed by atoms with E-state index in [0.29, 0.717) is 12.2 Å². The van der Waals surface area contributed by atoms with Crippen LogP contribution in [-0.2, 0) is 16.5 Å². The van der Waals surface area contributed by atoms with E-state index in [1.165, 1.54) is 37.1 Å². The van der Waals surface area contributed by atoms with Crippen molar-refractivity contribution in [2.75, 3.05) is 19.5 Å². The number of rotatable bonds is 4. The summed E-state index contributed by atoms with van der Waals surface area (Å²) in [5.74, 6) is -0.537. The van der Waals surface area contributed by atoms with E-state index in [0.717, 1.165) is 0 Å². The zero-order chi connectivity index (χ0) is 13.7. The molecule has 0 fully saturated rings. The topological polar surface area (TPSA) is 83.5 Å². The van der Waals surface area contributed by atoms with Crippen LogP contribution in [0.2, 0.25) is 0 Å². The van der Waals surface area contributed by atoms with E-state index in [-0.39, 0.29) is 16.9 Å². The van der Waals surface area contributed by atoms with E-state index in [1.807, 2.05) is 6.92 Å². The zero-order valence-corrected chi connectivity index (χ0v) is 10.6. The Kier molecular flexibility index (Phi) is 4.53. The van der Waals surface area contributed by atoms with Gasteiger partial charge < -0.3 is 15.2 Å². The molecule has 0 atom stereocenters. The highest BCUT2D eigenvalue weighted by atomic mass is 16.5. The van der Waals surface area contributed by atoms with Crippen molar-refractivity contribution >= 4 is 17.9 Å². The lowest BCUT2D eigenvalue weighted by Crippen LogP contribution is -2.24. The van der Waals surface area contributed by atoms with Crippen LogP contribution in [0.1, 0.15) is 22.8 Å². The van der Waals surface area contributed by atoms with Gasteiger partial charge in [0.1, 0.15) is 11.4 Å². The van der Waals surface area contributed by atoms with Crippen LogP contribution in [0.15, 0.2) is 17.1 Å². The molecule has 0 spiro atoms. The summed E-state index contributed by atoms with van der Waals surface area (Å²) in [6, 6.07) is 1.30. The molecule has 0 radical (unpaired) electrons. The van der Waals surface area contributed by atoms with Crippen LogP contribution >= 0.6 is 0 Å². The number of hydrogen-bond donors (Lipinski definition) is 1. The van der Waals surface area contributed by atoms with Crippen molar-refractivity contribution < 1.29 is 14.3 Å². The third-order valence-electron chi connectivity index (χ3n) is 2.42. The number of nitrogens with two attached hydrogens (primary N) is 1. The minimum atomic E-state index is -0.598. The number of methoxy groups -OCH3 is 1. The second-order valence-corrected chi connectivity index (χ2v) is 3.51. The predicted octanol–water partition coefficient (Wildman–Crippen LogP) is 0.761. The minimum absolute atomic E-state index is 0.0606. The highest BCUT2D eigenvalue weighted by Crippen LogP contribution is 2.17. The monoisotopic (exact) mass is 252 g/mol. The first-order chi connectivity index (χ1) is 8.52. The highest BCUT2D eigenvalue weighted by Gasteiger charge is 2.17. The Labute approximate surface area is 105 Å². The number of carbonyl (C=O) groups is 1. The van der Waals surface area contributed by atoms with Crippen molar-refractivity contribution in [1.29, 1.82) is 0 Å². The number of nitrogen functional groups attached to an aromatic ring is 1. The normalized spacial score (nSPS) is 10.6. The summed E-state index contributed by atoms with van der Waals surface area (Å²) in [4.78, 5) is 23.3. The summed E-state index contributed by atoms with van der Waals surface area (Å²) in [6.07, 6.45) is 2.91. The Balaban J connectivity index is 3.39. The van der Waals surface area contributed by atoms with Gasteiger partial charge in [0, 0.05) is 18.7 Å².